The van der Waals surface area contributed by atoms with Gasteiger partial charge >= 0.3 is 0 Å². The molecule has 1 N–H and O–H groups in total. The zero-order valence-electron chi connectivity index (χ0n) is 18.0. The molecule has 162 valence electrons. The van der Waals surface area contributed by atoms with Gasteiger partial charge in [0.15, 0.2) is 11.6 Å². The molecule has 0 radical (unpaired) electrons. The number of amides is 1. The van der Waals surface area contributed by atoms with Crippen molar-refractivity contribution in [3.63, 3.8) is 0 Å². The van der Waals surface area contributed by atoms with Gasteiger partial charge in [0, 0.05) is 11.5 Å². The Morgan fingerprint density at radius 3 is 2.38 bits per heavy atom. The summed E-state index contributed by atoms with van der Waals surface area (Å²) < 4.78 is 7.16. The Bertz CT molecular complexity index is 1150. The third kappa shape index (κ3) is 4.03. The van der Waals surface area contributed by atoms with Gasteiger partial charge in [-0.25, -0.2) is 9.67 Å². The van der Waals surface area contributed by atoms with E-state index < -0.39 is 6.04 Å². The van der Waals surface area contributed by atoms with E-state index in [4.69, 9.17) is 4.52 Å². The molecule has 5 rings (SSSR count). The predicted octanol–water partition coefficient (Wildman–Crippen LogP) is 4.32. The molecule has 4 aromatic rings. The lowest BCUT2D eigenvalue weighted by molar-refractivity contribution is 0.0903. The number of nitrogens with one attached hydrogen (secondary N) is 1. The highest BCUT2D eigenvalue weighted by Crippen LogP contribution is 2.38. The number of para-hydroxylation sites is 1. The molecule has 1 amide bonds. The van der Waals surface area contributed by atoms with E-state index in [1.807, 2.05) is 74.5 Å². The van der Waals surface area contributed by atoms with Gasteiger partial charge in [-0.05, 0) is 30.9 Å². The Labute approximate surface area is 185 Å². The predicted molar refractivity (Wildman–Crippen MR) is 118 cm³/mol. The summed E-state index contributed by atoms with van der Waals surface area (Å²) >= 11 is 0. The van der Waals surface area contributed by atoms with Crippen LogP contribution in [0.3, 0.4) is 0 Å². The van der Waals surface area contributed by atoms with Crippen LogP contribution in [0.25, 0.3) is 17.1 Å². The van der Waals surface area contributed by atoms with E-state index in [0.717, 1.165) is 29.9 Å². The highest BCUT2D eigenvalue weighted by atomic mass is 16.5. The minimum Gasteiger partial charge on any atom is -0.337 e. The second-order valence-corrected chi connectivity index (χ2v) is 8.33. The summed E-state index contributed by atoms with van der Waals surface area (Å²) in [6, 6.07) is 18.9. The molecule has 2 aromatic heterocycles. The molecule has 1 atom stereocenters. The Balaban J connectivity index is 1.46. The SMILES string of the molecule is CC(C)C(NC(=O)c1nc(-c2ccccc2)n(-c2ccccc2)n1)c1nc(C2CC2)no1. The molecular formula is C24H24N6O2. The Morgan fingerprint density at radius 1 is 1.03 bits per heavy atom. The van der Waals surface area contributed by atoms with Crippen LogP contribution in [0, 0.1) is 5.92 Å². The quantitative estimate of drug-likeness (QED) is 0.471. The number of nitrogens with zero attached hydrogens (tertiary/aromatic N) is 5. The fourth-order valence-corrected chi connectivity index (χ4v) is 3.53. The number of rotatable bonds is 7. The number of carbonyl (C=O) groups excluding carboxylic acids is 1. The zero-order chi connectivity index (χ0) is 22.1. The number of aromatic nitrogens is 5. The van der Waals surface area contributed by atoms with E-state index in [1.165, 1.54) is 0 Å². The molecule has 1 saturated carbocycles. The molecule has 8 heteroatoms. The van der Waals surface area contributed by atoms with Gasteiger partial charge < -0.3 is 9.84 Å². The first-order valence-corrected chi connectivity index (χ1v) is 10.8. The standard InChI is InChI=1S/C24H24N6O2/c1-15(2)19(24-27-20(29-32-24)16-13-14-16)25-23(31)21-26-22(17-9-5-3-6-10-17)30(28-21)18-11-7-4-8-12-18/h3-12,15-16,19H,13-14H2,1-2H3,(H,25,31). The van der Waals surface area contributed by atoms with E-state index in [2.05, 4.69) is 25.5 Å². The van der Waals surface area contributed by atoms with Crippen molar-refractivity contribution in [2.24, 2.45) is 5.92 Å². The summed E-state index contributed by atoms with van der Waals surface area (Å²) in [6.07, 6.45) is 2.17. The smallest absolute Gasteiger partial charge is 0.291 e. The Kier molecular flexibility index (Phi) is 5.26. The maximum atomic E-state index is 13.2. The highest BCUT2D eigenvalue weighted by Gasteiger charge is 2.32. The molecule has 1 unspecified atom stereocenters. The van der Waals surface area contributed by atoms with Crippen LogP contribution in [0.4, 0.5) is 0 Å². The van der Waals surface area contributed by atoms with Crippen LogP contribution >= 0.6 is 0 Å². The van der Waals surface area contributed by atoms with Gasteiger partial charge in [-0.3, -0.25) is 4.79 Å². The highest BCUT2D eigenvalue weighted by molar-refractivity contribution is 5.91. The monoisotopic (exact) mass is 428 g/mol. The van der Waals surface area contributed by atoms with Crippen LogP contribution in [0.2, 0.25) is 0 Å². The molecule has 8 nitrogen and oxygen atoms in total. The minimum absolute atomic E-state index is 0.0521. The third-order valence-corrected chi connectivity index (χ3v) is 5.46. The summed E-state index contributed by atoms with van der Waals surface area (Å²) in [4.78, 5) is 22.3. The van der Waals surface area contributed by atoms with Gasteiger partial charge in [0.1, 0.15) is 6.04 Å². The van der Waals surface area contributed by atoms with Crippen molar-refractivity contribution in [3.8, 4) is 17.1 Å². The van der Waals surface area contributed by atoms with Crippen molar-refractivity contribution in [3.05, 3.63) is 78.2 Å². The molecule has 32 heavy (non-hydrogen) atoms. The average molecular weight is 428 g/mol. The number of hydrogen-bond acceptors (Lipinski definition) is 6. The first-order chi connectivity index (χ1) is 15.6. The second kappa shape index (κ2) is 8.37. The van der Waals surface area contributed by atoms with Gasteiger partial charge in [0.05, 0.1) is 5.69 Å². The molecule has 0 aliphatic heterocycles. The topological polar surface area (TPSA) is 98.7 Å². The third-order valence-electron chi connectivity index (χ3n) is 5.46. The van der Waals surface area contributed by atoms with Gasteiger partial charge in [-0.1, -0.05) is 67.5 Å². The van der Waals surface area contributed by atoms with E-state index in [9.17, 15) is 4.79 Å². The van der Waals surface area contributed by atoms with Crippen molar-refractivity contribution in [1.82, 2.24) is 30.2 Å². The molecule has 2 aromatic carbocycles. The fourth-order valence-electron chi connectivity index (χ4n) is 3.53. The summed E-state index contributed by atoms with van der Waals surface area (Å²) in [5, 5.41) is 11.6. The number of hydrogen-bond donors (Lipinski definition) is 1. The van der Waals surface area contributed by atoms with Gasteiger partial charge in [-0.15, -0.1) is 5.10 Å². The fraction of sp³-hybridized carbons (Fsp3) is 0.292. The first kappa shape index (κ1) is 20.1. The van der Waals surface area contributed by atoms with E-state index in [1.54, 1.807) is 4.68 Å². The summed E-state index contributed by atoms with van der Waals surface area (Å²) in [7, 11) is 0. The van der Waals surface area contributed by atoms with Crippen molar-refractivity contribution < 1.29 is 9.32 Å². The molecule has 0 saturated heterocycles. The van der Waals surface area contributed by atoms with Crippen LogP contribution in [0.1, 0.15) is 61.0 Å². The van der Waals surface area contributed by atoms with Crippen LogP contribution in [-0.2, 0) is 0 Å². The summed E-state index contributed by atoms with van der Waals surface area (Å²) in [5.74, 6) is 1.86. The molecule has 0 spiro atoms. The summed E-state index contributed by atoms with van der Waals surface area (Å²) in [5.41, 5.74) is 1.69. The molecule has 2 heterocycles. The normalized spacial score (nSPS) is 14.5. The maximum absolute atomic E-state index is 13.2. The second-order valence-electron chi connectivity index (χ2n) is 8.33. The summed E-state index contributed by atoms with van der Waals surface area (Å²) in [6.45, 7) is 3.99. The molecule has 0 bridgehead atoms. The van der Waals surface area contributed by atoms with E-state index in [0.29, 0.717) is 17.6 Å². The van der Waals surface area contributed by atoms with Gasteiger partial charge in [0.2, 0.25) is 11.7 Å². The van der Waals surface area contributed by atoms with Gasteiger partial charge in [-0.2, -0.15) is 4.98 Å². The minimum atomic E-state index is -0.425. The van der Waals surface area contributed by atoms with E-state index in [-0.39, 0.29) is 17.6 Å². The molecule has 1 aliphatic carbocycles. The van der Waals surface area contributed by atoms with Crippen molar-refractivity contribution in [1.29, 1.82) is 0 Å². The Morgan fingerprint density at radius 2 is 1.72 bits per heavy atom. The van der Waals surface area contributed by atoms with Crippen LogP contribution < -0.4 is 5.32 Å². The van der Waals surface area contributed by atoms with Crippen molar-refractivity contribution in [2.75, 3.05) is 0 Å². The van der Waals surface area contributed by atoms with Crippen LogP contribution in [0.5, 0.6) is 0 Å². The lowest BCUT2D eigenvalue weighted by Gasteiger charge is -2.17. The molecule has 1 aliphatic rings. The van der Waals surface area contributed by atoms with Crippen molar-refractivity contribution >= 4 is 5.91 Å². The Hall–Kier alpha value is -3.81. The zero-order valence-corrected chi connectivity index (χ0v) is 18.0. The van der Waals surface area contributed by atoms with Gasteiger partial charge in [0.25, 0.3) is 5.91 Å². The maximum Gasteiger partial charge on any atom is 0.291 e. The molecule has 1 fully saturated rings. The number of benzene rings is 2. The largest absolute Gasteiger partial charge is 0.337 e. The number of carbonyl (C=O) groups is 1. The lowest BCUT2D eigenvalue weighted by Crippen LogP contribution is -2.32. The van der Waals surface area contributed by atoms with Crippen molar-refractivity contribution in [2.45, 2.75) is 38.6 Å². The van der Waals surface area contributed by atoms with Crippen LogP contribution in [0.15, 0.2) is 65.2 Å². The van der Waals surface area contributed by atoms with E-state index >= 15 is 0 Å². The first-order valence-electron chi connectivity index (χ1n) is 10.8. The van der Waals surface area contributed by atoms with Crippen LogP contribution in [-0.4, -0.2) is 30.8 Å². The average Bonchev–Trinajstić information content (AvgIpc) is 3.38. The lowest BCUT2D eigenvalue weighted by atomic mass is 10.0. The molecular weight excluding hydrogens is 404 g/mol.